The zero-order chi connectivity index (χ0) is 12.2. The maximum absolute atomic E-state index is 5.75. The molecule has 0 spiro atoms. The molecule has 1 aliphatic rings. The van der Waals surface area contributed by atoms with Gasteiger partial charge in [0.25, 0.3) is 0 Å². The number of aryl methyl sites for hydroxylation is 1. The van der Waals surface area contributed by atoms with Gasteiger partial charge in [0.1, 0.15) is 0 Å². The van der Waals surface area contributed by atoms with E-state index in [0.717, 1.165) is 32.5 Å². The highest BCUT2D eigenvalue weighted by Gasteiger charge is 2.13. The van der Waals surface area contributed by atoms with Crippen LogP contribution in [0.4, 0.5) is 0 Å². The van der Waals surface area contributed by atoms with Crippen molar-refractivity contribution >= 4 is 10.8 Å². The van der Waals surface area contributed by atoms with E-state index in [2.05, 4.69) is 47.8 Å². The van der Waals surface area contributed by atoms with Crippen LogP contribution in [0.3, 0.4) is 0 Å². The monoisotopic (exact) mass is 241 g/mol. The molecule has 0 saturated carbocycles. The zero-order valence-corrected chi connectivity index (χ0v) is 10.6. The van der Waals surface area contributed by atoms with Crippen LogP contribution in [0.25, 0.3) is 10.8 Å². The molecule has 1 aliphatic heterocycles. The summed E-state index contributed by atoms with van der Waals surface area (Å²) in [5.74, 6) is 0. The third-order valence-electron chi connectivity index (χ3n) is 3.62. The Morgan fingerprint density at radius 2 is 2.00 bits per heavy atom. The van der Waals surface area contributed by atoms with Gasteiger partial charge in [-0.1, -0.05) is 42.5 Å². The molecule has 0 radical (unpaired) electrons. The molecule has 3 rings (SSSR count). The van der Waals surface area contributed by atoms with Crippen LogP contribution < -0.4 is 5.32 Å². The SMILES string of the molecule is c1ccc2c(CCC3CNCCO3)cccc2c1. The van der Waals surface area contributed by atoms with E-state index >= 15 is 0 Å². The van der Waals surface area contributed by atoms with Crippen molar-refractivity contribution in [3.05, 3.63) is 48.0 Å². The van der Waals surface area contributed by atoms with Crippen molar-refractivity contribution in [3.8, 4) is 0 Å². The average Bonchev–Trinajstić information content (AvgIpc) is 2.46. The van der Waals surface area contributed by atoms with Crippen molar-refractivity contribution in [2.24, 2.45) is 0 Å². The normalized spacial score (nSPS) is 20.1. The van der Waals surface area contributed by atoms with Crippen molar-refractivity contribution in [1.82, 2.24) is 5.32 Å². The van der Waals surface area contributed by atoms with Crippen LogP contribution in [-0.2, 0) is 11.2 Å². The Morgan fingerprint density at radius 1 is 1.11 bits per heavy atom. The van der Waals surface area contributed by atoms with Crippen molar-refractivity contribution < 1.29 is 4.74 Å². The number of nitrogens with one attached hydrogen (secondary N) is 1. The Bertz CT molecular complexity index is 512. The summed E-state index contributed by atoms with van der Waals surface area (Å²) in [5.41, 5.74) is 1.43. The van der Waals surface area contributed by atoms with Crippen LogP contribution in [0, 0.1) is 0 Å². The van der Waals surface area contributed by atoms with Crippen molar-refractivity contribution in [2.75, 3.05) is 19.7 Å². The standard InChI is InChI=1S/C16H19NO/c1-2-7-16-13(4-1)5-3-6-14(16)8-9-15-12-17-10-11-18-15/h1-7,15,17H,8-12H2. The molecule has 2 nitrogen and oxygen atoms in total. The van der Waals surface area contributed by atoms with E-state index in [-0.39, 0.29) is 0 Å². The first kappa shape index (κ1) is 11.7. The predicted octanol–water partition coefficient (Wildman–Crippen LogP) is 2.76. The summed E-state index contributed by atoms with van der Waals surface area (Å²) in [6, 6.07) is 15.2. The first-order valence-corrected chi connectivity index (χ1v) is 6.72. The van der Waals surface area contributed by atoms with Crippen molar-refractivity contribution in [2.45, 2.75) is 18.9 Å². The number of hydrogen-bond donors (Lipinski definition) is 1. The van der Waals surface area contributed by atoms with Gasteiger partial charge < -0.3 is 10.1 Å². The summed E-state index contributed by atoms with van der Waals surface area (Å²) in [5, 5.41) is 6.09. The van der Waals surface area contributed by atoms with E-state index in [1.54, 1.807) is 0 Å². The summed E-state index contributed by atoms with van der Waals surface area (Å²) in [7, 11) is 0. The largest absolute Gasteiger partial charge is 0.376 e. The molecule has 0 bridgehead atoms. The summed E-state index contributed by atoms with van der Waals surface area (Å²) >= 11 is 0. The maximum atomic E-state index is 5.75. The molecule has 18 heavy (non-hydrogen) atoms. The number of rotatable bonds is 3. The van der Waals surface area contributed by atoms with Gasteiger partial charge in [-0.3, -0.25) is 0 Å². The molecular weight excluding hydrogens is 222 g/mol. The van der Waals surface area contributed by atoms with Crippen LogP contribution >= 0.6 is 0 Å². The lowest BCUT2D eigenvalue weighted by Gasteiger charge is -2.23. The molecule has 1 atom stereocenters. The van der Waals surface area contributed by atoms with Crippen LogP contribution in [0.15, 0.2) is 42.5 Å². The van der Waals surface area contributed by atoms with E-state index in [1.807, 2.05) is 0 Å². The second-order valence-electron chi connectivity index (χ2n) is 4.87. The van der Waals surface area contributed by atoms with Gasteiger partial charge in [-0.05, 0) is 29.2 Å². The molecule has 1 unspecified atom stereocenters. The fourth-order valence-electron chi connectivity index (χ4n) is 2.63. The molecule has 1 N–H and O–H groups in total. The summed E-state index contributed by atoms with van der Waals surface area (Å²) < 4.78 is 5.75. The minimum atomic E-state index is 0.373. The lowest BCUT2D eigenvalue weighted by molar-refractivity contribution is 0.0239. The van der Waals surface area contributed by atoms with E-state index < -0.39 is 0 Å². The lowest BCUT2D eigenvalue weighted by Crippen LogP contribution is -2.38. The number of morpholine rings is 1. The second-order valence-corrected chi connectivity index (χ2v) is 4.87. The third-order valence-corrected chi connectivity index (χ3v) is 3.62. The third kappa shape index (κ3) is 2.55. The van der Waals surface area contributed by atoms with Gasteiger partial charge in [-0.25, -0.2) is 0 Å². The molecule has 0 aliphatic carbocycles. The molecule has 2 aromatic carbocycles. The Kier molecular flexibility index (Phi) is 3.58. The molecule has 1 saturated heterocycles. The molecule has 2 heteroatoms. The Labute approximate surface area is 108 Å². The van der Waals surface area contributed by atoms with Gasteiger partial charge in [0.15, 0.2) is 0 Å². The molecule has 2 aromatic rings. The quantitative estimate of drug-likeness (QED) is 0.892. The van der Waals surface area contributed by atoms with Gasteiger partial charge in [0.2, 0.25) is 0 Å². The number of benzene rings is 2. The summed E-state index contributed by atoms with van der Waals surface area (Å²) in [6.45, 7) is 2.83. The zero-order valence-electron chi connectivity index (χ0n) is 10.6. The highest BCUT2D eigenvalue weighted by atomic mass is 16.5. The minimum Gasteiger partial charge on any atom is -0.376 e. The van der Waals surface area contributed by atoms with Crippen LogP contribution in [0.5, 0.6) is 0 Å². The Hall–Kier alpha value is -1.38. The smallest absolute Gasteiger partial charge is 0.0703 e. The van der Waals surface area contributed by atoms with Crippen LogP contribution in [-0.4, -0.2) is 25.8 Å². The molecule has 94 valence electrons. The van der Waals surface area contributed by atoms with E-state index in [9.17, 15) is 0 Å². The highest BCUT2D eigenvalue weighted by molar-refractivity contribution is 5.85. The number of hydrogen-bond acceptors (Lipinski definition) is 2. The highest BCUT2D eigenvalue weighted by Crippen LogP contribution is 2.20. The lowest BCUT2D eigenvalue weighted by atomic mass is 9.99. The van der Waals surface area contributed by atoms with Crippen molar-refractivity contribution in [3.63, 3.8) is 0 Å². The van der Waals surface area contributed by atoms with E-state index in [0.29, 0.717) is 6.10 Å². The molecule has 1 heterocycles. The van der Waals surface area contributed by atoms with Crippen LogP contribution in [0.2, 0.25) is 0 Å². The fraction of sp³-hybridized carbons (Fsp3) is 0.375. The average molecular weight is 241 g/mol. The van der Waals surface area contributed by atoms with Crippen LogP contribution in [0.1, 0.15) is 12.0 Å². The molecule has 0 aromatic heterocycles. The van der Waals surface area contributed by atoms with Gasteiger partial charge in [-0.15, -0.1) is 0 Å². The topological polar surface area (TPSA) is 21.3 Å². The Morgan fingerprint density at radius 3 is 2.89 bits per heavy atom. The molecule has 1 fully saturated rings. The maximum Gasteiger partial charge on any atom is 0.0703 e. The molecule has 0 amide bonds. The predicted molar refractivity (Wildman–Crippen MR) is 74.9 cm³/mol. The van der Waals surface area contributed by atoms with Gasteiger partial charge in [0.05, 0.1) is 12.7 Å². The van der Waals surface area contributed by atoms with Crippen molar-refractivity contribution in [1.29, 1.82) is 0 Å². The molecular formula is C16H19NO. The van der Waals surface area contributed by atoms with Gasteiger partial charge in [-0.2, -0.15) is 0 Å². The van der Waals surface area contributed by atoms with Gasteiger partial charge >= 0.3 is 0 Å². The summed E-state index contributed by atoms with van der Waals surface area (Å²) in [6.07, 6.45) is 2.56. The fourth-order valence-corrected chi connectivity index (χ4v) is 2.63. The van der Waals surface area contributed by atoms with Gasteiger partial charge in [0, 0.05) is 13.1 Å². The first-order chi connectivity index (χ1) is 8.93. The van der Waals surface area contributed by atoms with E-state index in [1.165, 1.54) is 16.3 Å². The minimum absolute atomic E-state index is 0.373. The van der Waals surface area contributed by atoms with E-state index in [4.69, 9.17) is 4.74 Å². The number of fused-ring (bicyclic) bond motifs is 1. The Balaban J connectivity index is 1.74. The summed E-state index contributed by atoms with van der Waals surface area (Å²) in [4.78, 5) is 0. The first-order valence-electron chi connectivity index (χ1n) is 6.72. The second kappa shape index (κ2) is 5.51. The number of ether oxygens (including phenoxy) is 1.